The summed E-state index contributed by atoms with van der Waals surface area (Å²) in [5, 5.41) is 9.90. The van der Waals surface area contributed by atoms with Gasteiger partial charge in [-0.25, -0.2) is 0 Å². The third kappa shape index (κ3) is 2.78. The summed E-state index contributed by atoms with van der Waals surface area (Å²) in [7, 11) is 0. The fraction of sp³-hybridized carbons (Fsp3) is 1.00. The molecule has 2 heteroatoms. The molecule has 2 aliphatic rings. The van der Waals surface area contributed by atoms with Crippen LogP contribution in [-0.4, -0.2) is 35.2 Å². The average molecular weight is 225 g/mol. The smallest absolute Gasteiger partial charge is 0.0592 e. The van der Waals surface area contributed by atoms with Crippen LogP contribution in [-0.2, 0) is 0 Å². The molecule has 2 nitrogen and oxygen atoms in total. The van der Waals surface area contributed by atoms with Crippen molar-refractivity contribution in [3.05, 3.63) is 0 Å². The molecule has 0 bridgehead atoms. The van der Waals surface area contributed by atoms with E-state index in [-0.39, 0.29) is 6.10 Å². The monoisotopic (exact) mass is 225 g/mol. The first-order valence-electron chi connectivity index (χ1n) is 7.12. The van der Waals surface area contributed by atoms with E-state index in [1.165, 1.54) is 25.7 Å². The van der Waals surface area contributed by atoms with Crippen molar-refractivity contribution in [2.75, 3.05) is 13.1 Å². The van der Waals surface area contributed by atoms with Gasteiger partial charge in [0.05, 0.1) is 6.10 Å². The molecule has 2 unspecified atom stereocenters. The highest BCUT2D eigenvalue weighted by Crippen LogP contribution is 2.30. The summed E-state index contributed by atoms with van der Waals surface area (Å²) in [6.45, 7) is 6.85. The second-order valence-electron chi connectivity index (χ2n) is 5.93. The second-order valence-corrected chi connectivity index (χ2v) is 5.93. The minimum Gasteiger partial charge on any atom is -0.393 e. The van der Waals surface area contributed by atoms with E-state index in [2.05, 4.69) is 18.7 Å². The van der Waals surface area contributed by atoms with Crippen LogP contribution in [0.5, 0.6) is 0 Å². The van der Waals surface area contributed by atoms with Crippen molar-refractivity contribution >= 4 is 0 Å². The van der Waals surface area contributed by atoms with Crippen LogP contribution in [0.25, 0.3) is 0 Å². The molecule has 0 aromatic carbocycles. The molecular weight excluding hydrogens is 198 g/mol. The molecule has 2 fully saturated rings. The molecule has 1 aliphatic heterocycles. The topological polar surface area (TPSA) is 23.5 Å². The molecule has 0 amide bonds. The molecule has 0 aromatic heterocycles. The Morgan fingerprint density at radius 1 is 1.12 bits per heavy atom. The zero-order chi connectivity index (χ0) is 11.5. The highest BCUT2D eigenvalue weighted by molar-refractivity contribution is 4.85. The van der Waals surface area contributed by atoms with Gasteiger partial charge >= 0.3 is 0 Å². The molecule has 0 aromatic rings. The fourth-order valence-corrected chi connectivity index (χ4v) is 3.39. The van der Waals surface area contributed by atoms with Gasteiger partial charge in [0.1, 0.15) is 0 Å². The molecule has 0 radical (unpaired) electrons. The lowest BCUT2D eigenvalue weighted by Gasteiger charge is -2.42. The summed E-state index contributed by atoms with van der Waals surface area (Å²) in [4.78, 5) is 2.66. The molecule has 1 saturated carbocycles. The maximum atomic E-state index is 9.90. The predicted molar refractivity (Wildman–Crippen MR) is 67.4 cm³/mol. The normalized spacial score (nSPS) is 42.2. The Morgan fingerprint density at radius 3 is 2.44 bits per heavy atom. The predicted octanol–water partition coefficient (Wildman–Crippen LogP) is 2.66. The highest BCUT2D eigenvalue weighted by Gasteiger charge is 2.31. The van der Waals surface area contributed by atoms with Crippen molar-refractivity contribution in [1.82, 2.24) is 4.90 Å². The summed E-state index contributed by atoms with van der Waals surface area (Å²) in [5.74, 6) is 1.46. The van der Waals surface area contributed by atoms with Gasteiger partial charge in [-0.1, -0.05) is 13.8 Å². The lowest BCUT2D eigenvalue weighted by Crippen LogP contribution is -2.48. The second kappa shape index (κ2) is 5.50. The van der Waals surface area contributed by atoms with E-state index in [0.717, 1.165) is 37.9 Å². The van der Waals surface area contributed by atoms with E-state index < -0.39 is 0 Å². The van der Waals surface area contributed by atoms with Gasteiger partial charge in [0.25, 0.3) is 0 Å². The van der Waals surface area contributed by atoms with E-state index in [0.29, 0.717) is 5.92 Å². The number of aliphatic hydroxyl groups excluding tert-OH is 1. The van der Waals surface area contributed by atoms with Crippen LogP contribution in [0.1, 0.15) is 52.4 Å². The van der Waals surface area contributed by atoms with Crippen molar-refractivity contribution in [3.63, 3.8) is 0 Å². The van der Waals surface area contributed by atoms with Gasteiger partial charge in [0.15, 0.2) is 0 Å². The Kier molecular flexibility index (Phi) is 4.26. The van der Waals surface area contributed by atoms with Gasteiger partial charge in [-0.05, 0) is 50.4 Å². The largest absolute Gasteiger partial charge is 0.393 e. The van der Waals surface area contributed by atoms with Crippen molar-refractivity contribution < 1.29 is 5.11 Å². The molecular formula is C14H27NO. The molecule has 1 aliphatic carbocycles. The van der Waals surface area contributed by atoms with E-state index in [1.54, 1.807) is 0 Å². The number of aliphatic hydroxyl groups is 1. The number of piperidine rings is 1. The lowest BCUT2D eigenvalue weighted by molar-refractivity contribution is -0.00102. The van der Waals surface area contributed by atoms with Gasteiger partial charge < -0.3 is 5.11 Å². The molecule has 2 atom stereocenters. The van der Waals surface area contributed by atoms with E-state index in [4.69, 9.17) is 0 Å². The third-order valence-electron chi connectivity index (χ3n) is 4.75. The van der Waals surface area contributed by atoms with Gasteiger partial charge in [0, 0.05) is 19.1 Å². The molecule has 2 rings (SSSR count). The van der Waals surface area contributed by atoms with Crippen LogP contribution >= 0.6 is 0 Å². The Balaban J connectivity index is 1.85. The van der Waals surface area contributed by atoms with Crippen LogP contribution in [0.2, 0.25) is 0 Å². The van der Waals surface area contributed by atoms with Gasteiger partial charge in [-0.15, -0.1) is 0 Å². The standard InChI is InChI=1S/C14H27NO/c1-3-12-10-15(9-8-14(12)16)13-6-4-11(2)5-7-13/h11-14,16H,3-10H2,1-2H3. The zero-order valence-electron chi connectivity index (χ0n) is 10.9. The van der Waals surface area contributed by atoms with Crippen LogP contribution in [0.3, 0.4) is 0 Å². The minimum absolute atomic E-state index is 0.0382. The first kappa shape index (κ1) is 12.4. The maximum absolute atomic E-state index is 9.90. The maximum Gasteiger partial charge on any atom is 0.0592 e. The molecule has 1 heterocycles. The zero-order valence-corrected chi connectivity index (χ0v) is 10.9. The molecule has 1 N–H and O–H groups in total. The molecule has 16 heavy (non-hydrogen) atoms. The number of rotatable bonds is 2. The summed E-state index contributed by atoms with van der Waals surface area (Å²) >= 11 is 0. The Hall–Kier alpha value is -0.0800. The lowest BCUT2D eigenvalue weighted by atomic mass is 9.84. The highest BCUT2D eigenvalue weighted by atomic mass is 16.3. The Labute approximate surface area is 100 Å². The number of likely N-dealkylation sites (tertiary alicyclic amines) is 1. The van der Waals surface area contributed by atoms with Gasteiger partial charge in [-0.2, -0.15) is 0 Å². The van der Waals surface area contributed by atoms with Crippen LogP contribution in [0.15, 0.2) is 0 Å². The van der Waals surface area contributed by atoms with Crippen molar-refractivity contribution in [3.8, 4) is 0 Å². The van der Waals surface area contributed by atoms with E-state index in [9.17, 15) is 5.11 Å². The number of hydrogen-bond donors (Lipinski definition) is 1. The summed E-state index contributed by atoms with van der Waals surface area (Å²) in [6.07, 6.45) is 7.65. The molecule has 0 spiro atoms. The average Bonchev–Trinajstić information content (AvgIpc) is 2.31. The van der Waals surface area contributed by atoms with Crippen molar-refractivity contribution in [1.29, 1.82) is 0 Å². The third-order valence-corrected chi connectivity index (χ3v) is 4.75. The Morgan fingerprint density at radius 2 is 1.81 bits per heavy atom. The van der Waals surface area contributed by atoms with Crippen LogP contribution in [0.4, 0.5) is 0 Å². The summed E-state index contributed by atoms with van der Waals surface area (Å²) in [6, 6.07) is 0.817. The summed E-state index contributed by atoms with van der Waals surface area (Å²) in [5.41, 5.74) is 0. The SMILES string of the molecule is CCC1CN(C2CCC(C)CC2)CCC1O. The van der Waals surface area contributed by atoms with E-state index in [1.807, 2.05) is 0 Å². The molecule has 1 saturated heterocycles. The number of nitrogens with zero attached hydrogens (tertiary/aromatic N) is 1. The van der Waals surface area contributed by atoms with Crippen LogP contribution in [0, 0.1) is 11.8 Å². The van der Waals surface area contributed by atoms with Crippen LogP contribution < -0.4 is 0 Å². The number of hydrogen-bond acceptors (Lipinski definition) is 2. The quantitative estimate of drug-likeness (QED) is 0.781. The van der Waals surface area contributed by atoms with Crippen molar-refractivity contribution in [2.24, 2.45) is 11.8 Å². The van der Waals surface area contributed by atoms with Crippen molar-refractivity contribution in [2.45, 2.75) is 64.5 Å². The first-order valence-corrected chi connectivity index (χ1v) is 7.12. The summed E-state index contributed by atoms with van der Waals surface area (Å²) < 4.78 is 0. The van der Waals surface area contributed by atoms with Gasteiger partial charge in [-0.3, -0.25) is 4.90 Å². The van der Waals surface area contributed by atoms with E-state index >= 15 is 0 Å². The fourth-order valence-electron chi connectivity index (χ4n) is 3.39. The first-order chi connectivity index (χ1) is 7.70. The van der Waals surface area contributed by atoms with Gasteiger partial charge in [0.2, 0.25) is 0 Å². The minimum atomic E-state index is -0.0382. The molecule has 94 valence electrons. The Bertz CT molecular complexity index is 211.